The Kier molecular flexibility index (Phi) is 1.79. The van der Waals surface area contributed by atoms with Crippen LogP contribution in [0.5, 0.6) is 0 Å². The summed E-state index contributed by atoms with van der Waals surface area (Å²) >= 11 is 1.48. The number of carbonyl (C=O) groups is 1. The summed E-state index contributed by atoms with van der Waals surface area (Å²) in [6, 6.07) is 0. The molecule has 0 bridgehead atoms. The second-order valence-electron chi connectivity index (χ2n) is 1.64. The first kappa shape index (κ1) is 6.22. The van der Waals surface area contributed by atoms with Gasteiger partial charge in [0.2, 0.25) is 0 Å². The van der Waals surface area contributed by atoms with Crippen LogP contribution in [0.2, 0.25) is 0 Å². The molecule has 3 nitrogen and oxygen atoms in total. The van der Waals surface area contributed by atoms with E-state index in [1.807, 2.05) is 12.3 Å². The minimum Gasteiger partial charge on any atom is -0.251 e. The van der Waals surface area contributed by atoms with Gasteiger partial charge in [0.1, 0.15) is 5.69 Å². The van der Waals surface area contributed by atoms with Gasteiger partial charge in [-0.3, -0.25) is 4.79 Å². The zero-order valence-corrected chi connectivity index (χ0v) is 5.79. The lowest BCUT2D eigenvalue weighted by Crippen LogP contribution is -2.08. The monoisotopic (exact) mass is 143 g/mol. The molecule has 9 heavy (non-hydrogen) atoms. The Bertz CT molecular complexity index is 208. The third-order valence-electron chi connectivity index (χ3n) is 0.854. The van der Waals surface area contributed by atoms with Crippen molar-refractivity contribution < 1.29 is 9.78 Å². The van der Waals surface area contributed by atoms with E-state index in [0.29, 0.717) is 6.41 Å². The largest absolute Gasteiger partial charge is 0.338 e. The van der Waals surface area contributed by atoms with Crippen LogP contribution in [-0.4, -0.2) is 6.41 Å². The summed E-state index contributed by atoms with van der Waals surface area (Å²) in [7, 11) is 0. The van der Waals surface area contributed by atoms with Gasteiger partial charge in [-0.1, -0.05) is 11.3 Å². The van der Waals surface area contributed by atoms with Crippen LogP contribution in [0.3, 0.4) is 0 Å². The van der Waals surface area contributed by atoms with Gasteiger partial charge in [0.25, 0.3) is 6.41 Å². The molecule has 4 heteroatoms. The van der Waals surface area contributed by atoms with E-state index in [2.05, 4.69) is 10.3 Å². The molecule has 1 rings (SSSR count). The quantitative estimate of drug-likeness (QED) is 0.600. The summed E-state index contributed by atoms with van der Waals surface area (Å²) in [5, 5.41) is 5.23. The molecule has 48 valence electrons. The molecule has 0 aliphatic carbocycles. The van der Waals surface area contributed by atoms with Crippen molar-refractivity contribution in [2.24, 2.45) is 0 Å². The van der Waals surface area contributed by atoms with E-state index in [1.165, 1.54) is 11.3 Å². The number of H-pyrrole nitrogens is 1. The van der Waals surface area contributed by atoms with E-state index >= 15 is 0 Å². The average molecular weight is 143 g/mol. The van der Waals surface area contributed by atoms with Crippen molar-refractivity contribution in [2.45, 2.75) is 6.92 Å². The van der Waals surface area contributed by atoms with Crippen LogP contribution in [0.4, 0.5) is 5.13 Å². The molecular formula is C5H7N2OS+. The predicted molar refractivity (Wildman–Crippen MR) is 35.3 cm³/mol. The number of aromatic amines is 1. The fourth-order valence-corrected chi connectivity index (χ4v) is 1.20. The third-order valence-corrected chi connectivity index (χ3v) is 1.78. The fourth-order valence-electron chi connectivity index (χ4n) is 0.509. The molecule has 0 saturated heterocycles. The smallest absolute Gasteiger partial charge is 0.251 e. The van der Waals surface area contributed by atoms with Gasteiger partial charge in [0.15, 0.2) is 0 Å². The third kappa shape index (κ3) is 1.50. The number of rotatable bonds is 2. The number of nitrogens with one attached hydrogen (secondary N) is 2. The summed E-state index contributed by atoms with van der Waals surface area (Å²) in [6.45, 7) is 1.94. The van der Waals surface area contributed by atoms with Crippen molar-refractivity contribution in [3.05, 3.63) is 11.1 Å². The van der Waals surface area contributed by atoms with Gasteiger partial charge in [0.05, 0.1) is 0 Å². The van der Waals surface area contributed by atoms with Gasteiger partial charge in [-0.15, -0.1) is 0 Å². The summed E-state index contributed by atoms with van der Waals surface area (Å²) in [5.74, 6) is 0. The number of anilines is 1. The Morgan fingerprint density at radius 2 is 2.67 bits per heavy atom. The van der Waals surface area contributed by atoms with Gasteiger partial charge < -0.3 is 0 Å². The Morgan fingerprint density at radius 3 is 3.11 bits per heavy atom. The van der Waals surface area contributed by atoms with Crippen molar-refractivity contribution in [2.75, 3.05) is 5.32 Å². The molecule has 2 N–H and O–H groups in total. The molecule has 0 aromatic carbocycles. The van der Waals surface area contributed by atoms with Gasteiger partial charge in [-0.05, 0) is 6.92 Å². The normalized spacial score (nSPS) is 9.00. The second kappa shape index (κ2) is 2.59. The topological polar surface area (TPSA) is 43.2 Å². The number of aromatic nitrogens is 1. The first-order valence-corrected chi connectivity index (χ1v) is 3.38. The molecular weight excluding hydrogens is 136 g/mol. The lowest BCUT2D eigenvalue weighted by atomic mass is 10.6. The number of amides is 1. The van der Waals surface area contributed by atoms with E-state index in [-0.39, 0.29) is 0 Å². The van der Waals surface area contributed by atoms with Crippen LogP contribution in [0.1, 0.15) is 5.69 Å². The standard InChI is InChI=1S/C5H6N2OS/c1-4-2-9-5(7-4)6-3-8/h2-3H,1H3,(H,6,7,8)/p+1. The summed E-state index contributed by atoms with van der Waals surface area (Å²) < 4.78 is 0. The van der Waals surface area contributed by atoms with Crippen molar-refractivity contribution >= 4 is 22.9 Å². The molecule has 0 atom stereocenters. The van der Waals surface area contributed by atoms with E-state index in [1.54, 1.807) is 0 Å². The zero-order valence-electron chi connectivity index (χ0n) is 4.97. The van der Waals surface area contributed by atoms with Gasteiger partial charge in [-0.25, -0.2) is 10.3 Å². The molecule has 1 aromatic heterocycles. The molecule has 0 spiro atoms. The number of aryl methyl sites for hydroxylation is 1. The predicted octanol–water partition coefficient (Wildman–Crippen LogP) is 0.439. The van der Waals surface area contributed by atoms with Crippen LogP contribution in [-0.2, 0) is 4.79 Å². The highest BCUT2D eigenvalue weighted by Crippen LogP contribution is 2.06. The Labute approximate surface area is 56.7 Å². The highest BCUT2D eigenvalue weighted by atomic mass is 32.1. The molecule has 0 aliphatic rings. The summed E-state index contributed by atoms with van der Waals surface area (Å²) in [4.78, 5) is 12.8. The Balaban J connectivity index is 2.72. The maximum atomic E-state index is 9.86. The molecule has 0 radical (unpaired) electrons. The number of thiazole rings is 1. The molecule has 0 saturated carbocycles. The lowest BCUT2D eigenvalue weighted by molar-refractivity contribution is -0.363. The number of hydrogen-bond donors (Lipinski definition) is 1. The minimum absolute atomic E-state index is 0.655. The van der Waals surface area contributed by atoms with Crippen LogP contribution >= 0.6 is 11.3 Å². The van der Waals surface area contributed by atoms with Crippen LogP contribution in [0.15, 0.2) is 5.38 Å². The first-order valence-electron chi connectivity index (χ1n) is 2.50. The molecule has 0 fully saturated rings. The van der Waals surface area contributed by atoms with Gasteiger partial charge in [0, 0.05) is 5.38 Å². The van der Waals surface area contributed by atoms with E-state index in [0.717, 1.165) is 10.8 Å². The number of hydrogen-bond acceptors (Lipinski definition) is 2. The van der Waals surface area contributed by atoms with Crippen LogP contribution in [0, 0.1) is 6.92 Å². The number of carbonyl (C=O) groups excluding carboxylic acids is 1. The lowest BCUT2D eigenvalue weighted by Gasteiger charge is -1.75. The SMILES string of the molecule is Cc1csc(NC=O)[nH+]1. The minimum atomic E-state index is 0.655. The highest BCUT2D eigenvalue weighted by molar-refractivity contribution is 7.13. The van der Waals surface area contributed by atoms with Crippen molar-refractivity contribution in [3.8, 4) is 0 Å². The van der Waals surface area contributed by atoms with Crippen LogP contribution in [0.25, 0.3) is 0 Å². The molecule has 1 aromatic rings. The maximum Gasteiger partial charge on any atom is 0.338 e. The first-order chi connectivity index (χ1) is 4.33. The molecule has 0 aliphatic heterocycles. The summed E-state index contributed by atoms with van der Waals surface area (Å²) in [5.41, 5.74) is 1.06. The van der Waals surface area contributed by atoms with Gasteiger partial charge >= 0.3 is 5.13 Å². The van der Waals surface area contributed by atoms with Gasteiger partial charge in [-0.2, -0.15) is 0 Å². The van der Waals surface area contributed by atoms with E-state index < -0.39 is 0 Å². The Morgan fingerprint density at radius 1 is 1.89 bits per heavy atom. The van der Waals surface area contributed by atoms with E-state index in [4.69, 9.17) is 0 Å². The molecule has 1 amide bonds. The zero-order chi connectivity index (χ0) is 6.69. The highest BCUT2D eigenvalue weighted by Gasteiger charge is 2.00. The van der Waals surface area contributed by atoms with E-state index in [9.17, 15) is 4.79 Å². The van der Waals surface area contributed by atoms with Crippen molar-refractivity contribution in [1.29, 1.82) is 0 Å². The van der Waals surface area contributed by atoms with Crippen LogP contribution < -0.4 is 10.3 Å². The maximum absolute atomic E-state index is 9.86. The average Bonchev–Trinajstić information content (AvgIpc) is 2.17. The molecule has 1 heterocycles. The Hall–Kier alpha value is -0.900. The van der Waals surface area contributed by atoms with Crippen molar-refractivity contribution in [3.63, 3.8) is 0 Å². The molecule has 0 unspecified atom stereocenters. The summed E-state index contributed by atoms with van der Waals surface area (Å²) in [6.07, 6.45) is 0.655. The van der Waals surface area contributed by atoms with Crippen molar-refractivity contribution in [1.82, 2.24) is 0 Å². The fraction of sp³-hybridized carbons (Fsp3) is 0.200. The second-order valence-corrected chi connectivity index (χ2v) is 2.51.